The fourth-order valence-electron chi connectivity index (χ4n) is 2.07. The molecule has 0 saturated heterocycles. The third kappa shape index (κ3) is 4.45. The first kappa shape index (κ1) is 15.8. The van der Waals surface area contributed by atoms with Gasteiger partial charge in [-0.3, -0.25) is 4.79 Å². The van der Waals surface area contributed by atoms with E-state index in [4.69, 9.17) is 9.47 Å². The zero-order chi connectivity index (χ0) is 15.8. The average Bonchev–Trinajstić information content (AvgIpc) is 2.59. The molecule has 0 fully saturated rings. The van der Waals surface area contributed by atoms with Crippen molar-refractivity contribution < 1.29 is 19.1 Å². The highest BCUT2D eigenvalue weighted by atomic mass is 16.6. The minimum Gasteiger partial charge on any atom is -0.466 e. The third-order valence-electron chi connectivity index (χ3n) is 3.23. The zero-order valence-electron chi connectivity index (χ0n) is 12.4. The number of methoxy groups -OCH3 is 1. The number of ether oxygens (including phenoxy) is 2. The molecule has 2 rings (SSSR count). The Morgan fingerprint density at radius 3 is 2.14 bits per heavy atom. The van der Waals surface area contributed by atoms with E-state index in [1.54, 1.807) is 24.3 Å². The van der Waals surface area contributed by atoms with Gasteiger partial charge in [0.25, 0.3) is 0 Å². The molecule has 2 aromatic carbocycles. The summed E-state index contributed by atoms with van der Waals surface area (Å²) in [6.07, 6.45) is -0.235. The van der Waals surface area contributed by atoms with Crippen LogP contribution in [0.4, 0.5) is 0 Å². The summed E-state index contributed by atoms with van der Waals surface area (Å²) in [6.45, 7) is 0. The van der Waals surface area contributed by atoms with Gasteiger partial charge in [-0.1, -0.05) is 60.7 Å². The van der Waals surface area contributed by atoms with Crippen LogP contribution in [0.15, 0.2) is 60.7 Å². The summed E-state index contributed by atoms with van der Waals surface area (Å²) in [5.41, 5.74) is 1.65. The van der Waals surface area contributed by atoms with Crippen molar-refractivity contribution in [3.8, 4) is 0 Å². The van der Waals surface area contributed by atoms with Crippen LogP contribution < -0.4 is 0 Å². The lowest BCUT2D eigenvalue weighted by molar-refractivity contribution is -0.166. The monoisotopic (exact) mass is 298 g/mol. The van der Waals surface area contributed by atoms with E-state index >= 15 is 0 Å². The van der Waals surface area contributed by atoms with Crippen molar-refractivity contribution in [2.24, 2.45) is 0 Å². The summed E-state index contributed by atoms with van der Waals surface area (Å²) in [5.74, 6) is -1.01. The van der Waals surface area contributed by atoms with Crippen LogP contribution >= 0.6 is 0 Å². The third-order valence-corrected chi connectivity index (χ3v) is 3.23. The second-order valence-corrected chi connectivity index (χ2v) is 4.79. The van der Waals surface area contributed by atoms with Gasteiger partial charge in [-0.15, -0.1) is 0 Å². The molecule has 22 heavy (non-hydrogen) atoms. The molecule has 0 amide bonds. The van der Waals surface area contributed by atoms with Gasteiger partial charge >= 0.3 is 11.9 Å². The van der Waals surface area contributed by atoms with Gasteiger partial charge in [-0.2, -0.15) is 0 Å². The Hall–Kier alpha value is -2.62. The topological polar surface area (TPSA) is 52.6 Å². The van der Waals surface area contributed by atoms with E-state index in [0.717, 1.165) is 5.56 Å². The summed E-state index contributed by atoms with van der Waals surface area (Å²) >= 11 is 0. The summed E-state index contributed by atoms with van der Waals surface area (Å²) in [7, 11) is 1.27. The average molecular weight is 298 g/mol. The van der Waals surface area contributed by atoms with Crippen LogP contribution in [0.2, 0.25) is 0 Å². The number of aryl methyl sites for hydroxylation is 1. The predicted molar refractivity (Wildman–Crippen MR) is 82.1 cm³/mol. The van der Waals surface area contributed by atoms with E-state index in [-0.39, 0.29) is 6.42 Å². The minimum absolute atomic E-state index is 0.213. The van der Waals surface area contributed by atoms with Crippen molar-refractivity contribution >= 4 is 11.9 Å². The fraction of sp³-hybridized carbons (Fsp3) is 0.222. The molecular weight excluding hydrogens is 280 g/mol. The quantitative estimate of drug-likeness (QED) is 0.769. The van der Waals surface area contributed by atoms with E-state index in [9.17, 15) is 9.59 Å². The van der Waals surface area contributed by atoms with Crippen LogP contribution in [0.5, 0.6) is 0 Å². The molecule has 0 spiro atoms. The number of esters is 2. The van der Waals surface area contributed by atoms with Gasteiger partial charge in [0.2, 0.25) is 6.10 Å². The van der Waals surface area contributed by atoms with Gasteiger partial charge in [0.15, 0.2) is 0 Å². The molecule has 2 aromatic rings. The highest BCUT2D eigenvalue weighted by Gasteiger charge is 2.25. The lowest BCUT2D eigenvalue weighted by atomic mass is 10.1. The summed E-state index contributed by atoms with van der Waals surface area (Å²) in [4.78, 5) is 23.8. The Morgan fingerprint density at radius 1 is 0.955 bits per heavy atom. The Morgan fingerprint density at radius 2 is 1.55 bits per heavy atom. The van der Waals surface area contributed by atoms with Crippen LogP contribution in [-0.2, 0) is 25.5 Å². The van der Waals surface area contributed by atoms with E-state index in [1.165, 1.54) is 7.11 Å². The van der Waals surface area contributed by atoms with Crippen LogP contribution in [0, 0.1) is 0 Å². The van der Waals surface area contributed by atoms with Crippen molar-refractivity contribution in [2.45, 2.75) is 18.9 Å². The predicted octanol–water partition coefficient (Wildman–Crippen LogP) is 3.08. The van der Waals surface area contributed by atoms with Crippen molar-refractivity contribution in [1.29, 1.82) is 0 Å². The van der Waals surface area contributed by atoms with Gasteiger partial charge in [0.05, 0.1) is 7.11 Å². The molecule has 0 bridgehead atoms. The number of hydrogen-bond donors (Lipinski definition) is 0. The standard InChI is InChI=1S/C18H18O4/c1-21-18(20)17(15-10-6-3-7-11-15)22-16(19)13-12-14-8-4-2-5-9-14/h2-11,17H,12-13H2,1H3. The van der Waals surface area contributed by atoms with Crippen LogP contribution in [0.25, 0.3) is 0 Å². The lowest BCUT2D eigenvalue weighted by Crippen LogP contribution is -2.21. The molecule has 1 unspecified atom stereocenters. The zero-order valence-corrected chi connectivity index (χ0v) is 12.4. The number of rotatable bonds is 6. The van der Waals surface area contributed by atoms with Gasteiger partial charge in [-0.05, 0) is 12.0 Å². The maximum atomic E-state index is 12.0. The number of hydrogen-bond acceptors (Lipinski definition) is 4. The molecule has 0 N–H and O–H groups in total. The smallest absolute Gasteiger partial charge is 0.351 e. The maximum absolute atomic E-state index is 12.0. The van der Waals surface area contributed by atoms with Crippen LogP contribution in [-0.4, -0.2) is 19.0 Å². The molecule has 0 aromatic heterocycles. The SMILES string of the molecule is COC(=O)C(OC(=O)CCc1ccccc1)c1ccccc1. The molecule has 0 aliphatic heterocycles. The van der Waals surface area contributed by atoms with Gasteiger partial charge in [0.1, 0.15) is 0 Å². The fourth-order valence-corrected chi connectivity index (χ4v) is 2.07. The molecule has 0 aliphatic carbocycles. The molecule has 4 heteroatoms. The molecule has 1 atom stereocenters. The van der Waals surface area contributed by atoms with E-state index < -0.39 is 18.0 Å². The highest BCUT2D eigenvalue weighted by molar-refractivity contribution is 5.80. The first-order valence-corrected chi connectivity index (χ1v) is 7.07. The Labute approximate surface area is 129 Å². The van der Waals surface area contributed by atoms with E-state index in [0.29, 0.717) is 12.0 Å². The number of carbonyl (C=O) groups excluding carboxylic acids is 2. The molecule has 0 saturated carbocycles. The minimum atomic E-state index is -1.02. The Bertz CT molecular complexity index is 607. The van der Waals surface area contributed by atoms with Crippen molar-refractivity contribution in [3.63, 3.8) is 0 Å². The number of carbonyl (C=O) groups is 2. The molecule has 4 nitrogen and oxygen atoms in total. The van der Waals surface area contributed by atoms with E-state index in [1.807, 2.05) is 36.4 Å². The number of benzene rings is 2. The molecule has 0 heterocycles. The summed E-state index contributed by atoms with van der Waals surface area (Å²) < 4.78 is 10.0. The summed E-state index contributed by atoms with van der Waals surface area (Å²) in [6, 6.07) is 18.5. The second-order valence-electron chi connectivity index (χ2n) is 4.79. The lowest BCUT2D eigenvalue weighted by Gasteiger charge is -2.16. The molecule has 0 radical (unpaired) electrons. The maximum Gasteiger partial charge on any atom is 0.351 e. The van der Waals surface area contributed by atoms with Crippen molar-refractivity contribution in [2.75, 3.05) is 7.11 Å². The van der Waals surface area contributed by atoms with Gasteiger partial charge in [0, 0.05) is 12.0 Å². The largest absolute Gasteiger partial charge is 0.466 e. The molecule has 114 valence electrons. The second kappa shape index (κ2) is 7.98. The Kier molecular flexibility index (Phi) is 5.72. The molecule has 0 aliphatic rings. The van der Waals surface area contributed by atoms with Crippen molar-refractivity contribution in [3.05, 3.63) is 71.8 Å². The first-order chi connectivity index (χ1) is 10.7. The van der Waals surface area contributed by atoms with Gasteiger partial charge in [-0.25, -0.2) is 4.79 Å². The van der Waals surface area contributed by atoms with E-state index in [2.05, 4.69) is 0 Å². The Balaban J connectivity index is 1.98. The highest BCUT2D eigenvalue weighted by Crippen LogP contribution is 2.19. The van der Waals surface area contributed by atoms with Crippen LogP contribution in [0.1, 0.15) is 23.7 Å². The van der Waals surface area contributed by atoms with Crippen LogP contribution in [0.3, 0.4) is 0 Å². The van der Waals surface area contributed by atoms with Gasteiger partial charge < -0.3 is 9.47 Å². The first-order valence-electron chi connectivity index (χ1n) is 7.07. The van der Waals surface area contributed by atoms with Crippen molar-refractivity contribution in [1.82, 2.24) is 0 Å². The normalized spacial score (nSPS) is 11.5. The summed E-state index contributed by atoms with van der Waals surface area (Å²) in [5, 5.41) is 0. The molecular formula is C18H18O4.